The number of hydrogen-bond donors (Lipinski definition) is 0. The lowest BCUT2D eigenvalue weighted by Gasteiger charge is -2.07. The molecule has 0 spiro atoms. The summed E-state index contributed by atoms with van der Waals surface area (Å²) in [6.45, 7) is 7.31. The van der Waals surface area contributed by atoms with Crippen molar-refractivity contribution in [3.63, 3.8) is 0 Å². The first-order valence-electron chi connectivity index (χ1n) is 4.96. The zero-order valence-electron chi connectivity index (χ0n) is 8.71. The van der Waals surface area contributed by atoms with E-state index in [1.54, 1.807) is 0 Å². The summed E-state index contributed by atoms with van der Waals surface area (Å²) in [6.07, 6.45) is 1.06. The average molecular weight is 178 g/mol. The van der Waals surface area contributed by atoms with Gasteiger partial charge in [-0.1, -0.05) is 32.9 Å². The van der Waals surface area contributed by atoms with Crippen LogP contribution in [0.2, 0.25) is 0 Å². The lowest BCUT2D eigenvalue weighted by Crippen LogP contribution is -1.95. The molecular weight excluding hydrogens is 160 g/mol. The fourth-order valence-corrected chi connectivity index (χ4v) is 1.17. The molecule has 13 heavy (non-hydrogen) atoms. The van der Waals surface area contributed by atoms with Gasteiger partial charge in [-0.05, 0) is 30.0 Å². The molecule has 1 heteroatoms. The van der Waals surface area contributed by atoms with E-state index in [2.05, 4.69) is 32.9 Å². The van der Waals surface area contributed by atoms with Crippen LogP contribution in [0.1, 0.15) is 38.7 Å². The smallest absolute Gasteiger partial charge is 0.119 e. The number of ether oxygens (including phenoxy) is 1. The van der Waals surface area contributed by atoms with E-state index in [-0.39, 0.29) is 0 Å². The second-order valence-electron chi connectivity index (χ2n) is 3.57. The lowest BCUT2D eigenvalue weighted by atomic mass is 10.0. The van der Waals surface area contributed by atoms with Crippen LogP contribution >= 0.6 is 0 Å². The van der Waals surface area contributed by atoms with Gasteiger partial charge in [-0.25, -0.2) is 0 Å². The predicted octanol–water partition coefficient (Wildman–Crippen LogP) is 3.60. The molecule has 0 radical (unpaired) electrons. The molecule has 0 atom stereocenters. The SMILES string of the molecule is CCCOc1ccc(C(C)C)cc1. The third-order valence-electron chi connectivity index (χ3n) is 2.02. The highest BCUT2D eigenvalue weighted by Gasteiger charge is 1.98. The number of rotatable bonds is 4. The first-order valence-corrected chi connectivity index (χ1v) is 4.96. The second kappa shape index (κ2) is 4.90. The van der Waals surface area contributed by atoms with Gasteiger partial charge in [0, 0.05) is 0 Å². The quantitative estimate of drug-likeness (QED) is 0.684. The number of hydrogen-bond acceptors (Lipinski definition) is 1. The van der Waals surface area contributed by atoms with Gasteiger partial charge in [0.05, 0.1) is 6.61 Å². The summed E-state index contributed by atoms with van der Waals surface area (Å²) < 4.78 is 5.49. The van der Waals surface area contributed by atoms with Crippen LogP contribution in [0.5, 0.6) is 5.75 Å². The third kappa shape index (κ3) is 3.10. The Kier molecular flexibility index (Phi) is 3.81. The molecule has 0 saturated carbocycles. The molecule has 1 aromatic carbocycles. The molecule has 0 heterocycles. The highest BCUT2D eigenvalue weighted by Crippen LogP contribution is 2.18. The Morgan fingerprint density at radius 1 is 1.15 bits per heavy atom. The van der Waals surface area contributed by atoms with Gasteiger partial charge in [0.15, 0.2) is 0 Å². The van der Waals surface area contributed by atoms with E-state index in [0.29, 0.717) is 5.92 Å². The third-order valence-corrected chi connectivity index (χ3v) is 2.02. The Morgan fingerprint density at radius 3 is 2.23 bits per heavy atom. The Labute approximate surface area is 80.7 Å². The minimum atomic E-state index is 0.597. The minimum Gasteiger partial charge on any atom is -0.494 e. The molecule has 0 aliphatic carbocycles. The van der Waals surface area contributed by atoms with Crippen molar-refractivity contribution in [3.8, 4) is 5.75 Å². The summed E-state index contributed by atoms with van der Waals surface area (Å²) in [6, 6.07) is 8.36. The van der Waals surface area contributed by atoms with Gasteiger partial charge < -0.3 is 4.74 Å². The highest BCUT2D eigenvalue weighted by atomic mass is 16.5. The molecule has 0 aliphatic rings. The van der Waals surface area contributed by atoms with Crippen molar-refractivity contribution >= 4 is 0 Å². The number of benzene rings is 1. The Hall–Kier alpha value is -0.980. The van der Waals surface area contributed by atoms with Crippen molar-refractivity contribution in [2.45, 2.75) is 33.1 Å². The van der Waals surface area contributed by atoms with Crippen molar-refractivity contribution < 1.29 is 4.74 Å². The molecule has 0 aliphatic heterocycles. The van der Waals surface area contributed by atoms with Crippen molar-refractivity contribution in [2.75, 3.05) is 6.61 Å². The predicted molar refractivity (Wildman–Crippen MR) is 56.3 cm³/mol. The molecule has 0 amide bonds. The van der Waals surface area contributed by atoms with Gasteiger partial charge in [0.2, 0.25) is 0 Å². The van der Waals surface area contributed by atoms with E-state index in [9.17, 15) is 0 Å². The van der Waals surface area contributed by atoms with Crippen molar-refractivity contribution in [1.29, 1.82) is 0 Å². The average Bonchev–Trinajstić information content (AvgIpc) is 2.15. The van der Waals surface area contributed by atoms with Crippen molar-refractivity contribution in [2.24, 2.45) is 0 Å². The maximum atomic E-state index is 5.49. The molecule has 0 saturated heterocycles. The molecule has 1 nitrogen and oxygen atoms in total. The Balaban J connectivity index is 2.59. The van der Waals surface area contributed by atoms with Crippen molar-refractivity contribution in [1.82, 2.24) is 0 Å². The molecule has 72 valence electrons. The zero-order chi connectivity index (χ0) is 9.68. The standard InChI is InChI=1S/C12H18O/c1-4-9-13-12-7-5-11(6-8-12)10(2)3/h5-8,10H,4,9H2,1-3H3. The molecule has 0 bridgehead atoms. The molecule has 0 aromatic heterocycles. The summed E-state index contributed by atoms with van der Waals surface area (Å²) in [5.41, 5.74) is 1.36. The van der Waals surface area contributed by atoms with E-state index < -0.39 is 0 Å². The summed E-state index contributed by atoms with van der Waals surface area (Å²) >= 11 is 0. The summed E-state index contributed by atoms with van der Waals surface area (Å²) in [4.78, 5) is 0. The van der Waals surface area contributed by atoms with Crippen molar-refractivity contribution in [3.05, 3.63) is 29.8 Å². The van der Waals surface area contributed by atoms with Gasteiger partial charge in [0.25, 0.3) is 0 Å². The molecular formula is C12H18O. The van der Waals surface area contributed by atoms with Crippen LogP contribution in [0.3, 0.4) is 0 Å². The van der Waals surface area contributed by atoms with Gasteiger partial charge in [0.1, 0.15) is 5.75 Å². The summed E-state index contributed by atoms with van der Waals surface area (Å²) in [5.74, 6) is 1.58. The monoisotopic (exact) mass is 178 g/mol. The van der Waals surface area contributed by atoms with Crippen LogP contribution in [0.4, 0.5) is 0 Å². The van der Waals surface area contributed by atoms with E-state index in [1.807, 2.05) is 12.1 Å². The molecule has 0 fully saturated rings. The van der Waals surface area contributed by atoms with Crippen LogP contribution < -0.4 is 4.74 Å². The summed E-state index contributed by atoms with van der Waals surface area (Å²) in [7, 11) is 0. The molecule has 0 N–H and O–H groups in total. The highest BCUT2D eigenvalue weighted by molar-refractivity contribution is 5.28. The van der Waals surface area contributed by atoms with Gasteiger partial charge in [-0.2, -0.15) is 0 Å². The topological polar surface area (TPSA) is 9.23 Å². The van der Waals surface area contributed by atoms with Gasteiger partial charge in [-0.15, -0.1) is 0 Å². The lowest BCUT2D eigenvalue weighted by molar-refractivity contribution is 0.317. The molecule has 1 aromatic rings. The molecule has 1 rings (SSSR count). The minimum absolute atomic E-state index is 0.597. The normalized spacial score (nSPS) is 10.5. The fraction of sp³-hybridized carbons (Fsp3) is 0.500. The summed E-state index contributed by atoms with van der Waals surface area (Å²) in [5, 5.41) is 0. The fourth-order valence-electron chi connectivity index (χ4n) is 1.17. The Bertz CT molecular complexity index is 236. The van der Waals surface area contributed by atoms with E-state index in [1.165, 1.54) is 5.56 Å². The van der Waals surface area contributed by atoms with Crippen LogP contribution in [0.25, 0.3) is 0 Å². The van der Waals surface area contributed by atoms with E-state index >= 15 is 0 Å². The first kappa shape index (κ1) is 10.1. The van der Waals surface area contributed by atoms with Gasteiger partial charge >= 0.3 is 0 Å². The van der Waals surface area contributed by atoms with Gasteiger partial charge in [-0.3, -0.25) is 0 Å². The zero-order valence-corrected chi connectivity index (χ0v) is 8.71. The maximum absolute atomic E-state index is 5.49. The Morgan fingerprint density at radius 2 is 1.77 bits per heavy atom. The molecule has 0 unspecified atom stereocenters. The van der Waals surface area contributed by atoms with Crippen LogP contribution in [-0.4, -0.2) is 6.61 Å². The second-order valence-corrected chi connectivity index (χ2v) is 3.57. The van der Waals surface area contributed by atoms with E-state index in [4.69, 9.17) is 4.74 Å². The maximum Gasteiger partial charge on any atom is 0.119 e. The van der Waals surface area contributed by atoms with Crippen LogP contribution in [0.15, 0.2) is 24.3 Å². The van der Waals surface area contributed by atoms with E-state index in [0.717, 1.165) is 18.8 Å². The van der Waals surface area contributed by atoms with Crippen LogP contribution in [-0.2, 0) is 0 Å². The first-order chi connectivity index (χ1) is 6.24. The van der Waals surface area contributed by atoms with Crippen LogP contribution in [0, 0.1) is 0 Å². The largest absolute Gasteiger partial charge is 0.494 e.